The van der Waals surface area contributed by atoms with Crippen molar-refractivity contribution in [2.24, 2.45) is 4.99 Å². The van der Waals surface area contributed by atoms with Crippen LogP contribution in [0.3, 0.4) is 0 Å². The Morgan fingerprint density at radius 3 is 2.40 bits per heavy atom. The summed E-state index contributed by atoms with van der Waals surface area (Å²) in [4.78, 5) is 26.0. The van der Waals surface area contributed by atoms with Crippen LogP contribution in [-0.4, -0.2) is 39.8 Å². The Kier molecular flexibility index (Phi) is 6.75. The Morgan fingerprint density at radius 2 is 1.84 bits per heavy atom. The van der Waals surface area contributed by atoms with E-state index in [2.05, 4.69) is 20.3 Å². The fourth-order valence-corrected chi connectivity index (χ4v) is 3.16. The molecule has 0 aliphatic rings. The number of fused-ring (bicyclic) bond motifs is 1. The molecule has 1 aromatic heterocycles. The molecule has 1 N–H and O–H groups in total. The summed E-state index contributed by atoms with van der Waals surface area (Å²) < 4.78 is 5.15. The van der Waals surface area contributed by atoms with Crippen molar-refractivity contribution in [2.45, 2.75) is 51.7 Å². The molecule has 0 fully saturated rings. The molecule has 0 aliphatic heterocycles. The third kappa shape index (κ3) is 5.42. The molecule has 0 aliphatic carbocycles. The summed E-state index contributed by atoms with van der Waals surface area (Å²) in [5, 5.41) is 4.50. The highest BCUT2D eigenvalue weighted by Crippen LogP contribution is 2.24. The zero-order chi connectivity index (χ0) is 18.4. The van der Waals surface area contributed by atoms with Gasteiger partial charge < -0.3 is 10.1 Å². The van der Waals surface area contributed by atoms with Crippen LogP contribution in [0.25, 0.3) is 11.0 Å². The Bertz CT molecular complexity index is 775. The molecule has 25 heavy (non-hydrogen) atoms. The second-order valence-corrected chi connectivity index (χ2v) is 6.99. The molecule has 7 heteroatoms. The summed E-state index contributed by atoms with van der Waals surface area (Å²) in [5.74, 6) is -0.475. The van der Waals surface area contributed by atoms with Crippen LogP contribution in [0.2, 0.25) is 0 Å². The SMILES string of the molecule is CCOC(=O)c1nc2ccccc2nc1SC(=NC(C)C)NC(C)C. The highest BCUT2D eigenvalue weighted by atomic mass is 32.2. The van der Waals surface area contributed by atoms with Gasteiger partial charge in [-0.1, -0.05) is 12.1 Å². The van der Waals surface area contributed by atoms with Crippen LogP contribution >= 0.6 is 11.8 Å². The molecule has 0 atom stereocenters. The average Bonchev–Trinajstić information content (AvgIpc) is 2.53. The van der Waals surface area contributed by atoms with E-state index in [1.165, 1.54) is 11.8 Å². The number of carbonyl (C=O) groups is 1. The molecule has 134 valence electrons. The zero-order valence-corrected chi connectivity index (χ0v) is 16.1. The van der Waals surface area contributed by atoms with E-state index in [0.29, 0.717) is 15.7 Å². The summed E-state index contributed by atoms with van der Waals surface area (Å²) in [6.07, 6.45) is 0. The highest BCUT2D eigenvalue weighted by Gasteiger charge is 2.20. The second-order valence-electron chi connectivity index (χ2n) is 6.02. The largest absolute Gasteiger partial charge is 0.461 e. The van der Waals surface area contributed by atoms with Crippen molar-refractivity contribution >= 4 is 33.9 Å². The lowest BCUT2D eigenvalue weighted by molar-refractivity contribution is 0.0514. The first-order chi connectivity index (χ1) is 11.9. The predicted octanol–water partition coefficient (Wildman–Crippen LogP) is 3.66. The van der Waals surface area contributed by atoms with Crippen molar-refractivity contribution in [1.29, 1.82) is 0 Å². The van der Waals surface area contributed by atoms with Crippen LogP contribution in [0.15, 0.2) is 34.3 Å². The lowest BCUT2D eigenvalue weighted by atomic mass is 10.3. The summed E-state index contributed by atoms with van der Waals surface area (Å²) in [7, 11) is 0. The molecule has 6 nitrogen and oxygen atoms in total. The van der Waals surface area contributed by atoms with Crippen LogP contribution in [0.1, 0.15) is 45.1 Å². The van der Waals surface area contributed by atoms with Gasteiger partial charge >= 0.3 is 5.97 Å². The van der Waals surface area contributed by atoms with Crippen LogP contribution < -0.4 is 5.32 Å². The summed E-state index contributed by atoms with van der Waals surface area (Å²) in [5.41, 5.74) is 1.60. The number of hydrogen-bond donors (Lipinski definition) is 1. The third-order valence-corrected chi connectivity index (χ3v) is 3.88. The highest BCUT2D eigenvalue weighted by molar-refractivity contribution is 8.13. The maximum Gasteiger partial charge on any atom is 0.359 e. The Balaban J connectivity index is 2.49. The monoisotopic (exact) mass is 360 g/mol. The molecule has 0 saturated heterocycles. The van der Waals surface area contributed by atoms with Crippen molar-refractivity contribution in [1.82, 2.24) is 15.3 Å². The quantitative estimate of drug-likeness (QED) is 0.379. The first kappa shape index (κ1) is 19.2. The van der Waals surface area contributed by atoms with Gasteiger partial charge in [-0.15, -0.1) is 0 Å². The third-order valence-electron chi connectivity index (χ3n) is 2.99. The van der Waals surface area contributed by atoms with E-state index < -0.39 is 5.97 Å². The van der Waals surface area contributed by atoms with Gasteiger partial charge in [-0.05, 0) is 58.5 Å². The molecule has 0 spiro atoms. The molecular formula is C18H24N4O2S. The minimum atomic E-state index is -0.475. The molecule has 0 radical (unpaired) electrons. The molecule has 0 saturated carbocycles. The summed E-state index contributed by atoms with van der Waals surface area (Å²) >= 11 is 1.31. The van der Waals surface area contributed by atoms with E-state index in [-0.39, 0.29) is 24.4 Å². The molecule has 1 heterocycles. The number of ether oxygens (including phenoxy) is 1. The first-order valence-electron chi connectivity index (χ1n) is 8.36. The van der Waals surface area contributed by atoms with Gasteiger partial charge in [-0.3, -0.25) is 4.99 Å². The maximum atomic E-state index is 12.3. The zero-order valence-electron chi connectivity index (χ0n) is 15.2. The van der Waals surface area contributed by atoms with E-state index in [1.54, 1.807) is 6.92 Å². The van der Waals surface area contributed by atoms with Crippen LogP contribution in [0.4, 0.5) is 0 Å². The van der Waals surface area contributed by atoms with Crippen molar-refractivity contribution in [3.05, 3.63) is 30.0 Å². The molecule has 2 rings (SSSR count). The lowest BCUT2D eigenvalue weighted by Gasteiger charge is -2.15. The molecule has 1 aromatic carbocycles. The average molecular weight is 360 g/mol. The van der Waals surface area contributed by atoms with E-state index in [9.17, 15) is 4.79 Å². The van der Waals surface area contributed by atoms with Gasteiger partial charge in [0.25, 0.3) is 0 Å². The summed E-state index contributed by atoms with van der Waals surface area (Å²) in [6, 6.07) is 7.79. The normalized spacial score (nSPS) is 12.0. The first-order valence-corrected chi connectivity index (χ1v) is 9.18. The van der Waals surface area contributed by atoms with Gasteiger partial charge in [-0.25, -0.2) is 14.8 Å². The van der Waals surface area contributed by atoms with Crippen molar-refractivity contribution in [3.8, 4) is 0 Å². The molecule has 0 unspecified atom stereocenters. The number of aliphatic imine (C=N–C) groups is 1. The minimum Gasteiger partial charge on any atom is -0.461 e. The van der Waals surface area contributed by atoms with Gasteiger partial charge in [-0.2, -0.15) is 0 Å². The molecule has 0 amide bonds. The lowest BCUT2D eigenvalue weighted by Crippen LogP contribution is -2.29. The number of hydrogen-bond acceptors (Lipinski definition) is 6. The number of carbonyl (C=O) groups excluding carboxylic acids is 1. The smallest absolute Gasteiger partial charge is 0.359 e. The minimum absolute atomic E-state index is 0.119. The molecular weight excluding hydrogens is 336 g/mol. The molecule has 2 aromatic rings. The number of aromatic nitrogens is 2. The maximum absolute atomic E-state index is 12.3. The van der Waals surface area contributed by atoms with Crippen molar-refractivity contribution in [2.75, 3.05) is 6.61 Å². The van der Waals surface area contributed by atoms with E-state index in [0.717, 1.165) is 5.52 Å². The van der Waals surface area contributed by atoms with Gasteiger partial charge in [0.1, 0.15) is 5.03 Å². The van der Waals surface area contributed by atoms with Gasteiger partial charge in [0.05, 0.1) is 17.6 Å². The standard InChI is InChI=1S/C18H24N4O2S/c1-6-24-17(23)15-16(22-14-10-8-7-9-13(14)21-15)25-18(19-11(2)3)20-12(4)5/h7-12H,6H2,1-5H3,(H,19,20). The van der Waals surface area contributed by atoms with Gasteiger partial charge in [0.2, 0.25) is 0 Å². The Morgan fingerprint density at radius 1 is 1.20 bits per heavy atom. The number of benzene rings is 1. The number of nitrogens with zero attached hydrogens (tertiary/aromatic N) is 3. The van der Waals surface area contributed by atoms with Crippen LogP contribution in [-0.2, 0) is 4.74 Å². The fraction of sp³-hybridized carbons (Fsp3) is 0.444. The number of amidine groups is 1. The van der Waals surface area contributed by atoms with Gasteiger partial charge in [0, 0.05) is 12.1 Å². The van der Waals surface area contributed by atoms with E-state index in [4.69, 9.17) is 4.74 Å². The van der Waals surface area contributed by atoms with E-state index >= 15 is 0 Å². The van der Waals surface area contributed by atoms with Crippen molar-refractivity contribution in [3.63, 3.8) is 0 Å². The van der Waals surface area contributed by atoms with Crippen molar-refractivity contribution < 1.29 is 9.53 Å². The second kappa shape index (κ2) is 8.80. The number of esters is 1. The molecule has 0 bridgehead atoms. The number of para-hydroxylation sites is 2. The van der Waals surface area contributed by atoms with Crippen LogP contribution in [0, 0.1) is 0 Å². The topological polar surface area (TPSA) is 76.5 Å². The summed E-state index contributed by atoms with van der Waals surface area (Å²) in [6.45, 7) is 10.1. The van der Waals surface area contributed by atoms with Crippen LogP contribution in [0.5, 0.6) is 0 Å². The van der Waals surface area contributed by atoms with E-state index in [1.807, 2.05) is 52.0 Å². The Labute approximate surface area is 152 Å². The predicted molar refractivity (Wildman–Crippen MR) is 102 cm³/mol. The number of rotatable bonds is 5. The Hall–Kier alpha value is -2.15. The number of nitrogens with one attached hydrogen (secondary N) is 1. The fourth-order valence-electron chi connectivity index (χ4n) is 2.05. The number of thioether (sulfide) groups is 1. The van der Waals surface area contributed by atoms with Gasteiger partial charge in [0.15, 0.2) is 10.9 Å².